The summed E-state index contributed by atoms with van der Waals surface area (Å²) in [4.78, 5) is 4.59. The molecule has 0 aliphatic heterocycles. The van der Waals surface area contributed by atoms with E-state index in [0.717, 1.165) is 31.0 Å². The normalized spacial score (nSPS) is 12.6. The van der Waals surface area contributed by atoms with E-state index < -0.39 is 0 Å². The number of nitrogens with zero attached hydrogens (tertiary/aromatic N) is 3. The molecule has 0 aliphatic rings. The van der Waals surface area contributed by atoms with E-state index in [0.29, 0.717) is 0 Å². The molecule has 21 heavy (non-hydrogen) atoms. The van der Waals surface area contributed by atoms with Gasteiger partial charge in [0.05, 0.1) is 12.6 Å². The minimum absolute atomic E-state index is 0.252. The Morgan fingerprint density at radius 1 is 1.19 bits per heavy atom. The predicted molar refractivity (Wildman–Crippen MR) is 86.5 cm³/mol. The van der Waals surface area contributed by atoms with Crippen molar-refractivity contribution < 1.29 is 0 Å². The molecular formula is C17H26N4. The highest BCUT2D eigenvalue weighted by Crippen LogP contribution is 2.21. The van der Waals surface area contributed by atoms with Crippen LogP contribution < -0.4 is 5.32 Å². The van der Waals surface area contributed by atoms with Crippen LogP contribution in [0.1, 0.15) is 48.2 Å². The molecule has 0 saturated heterocycles. The number of rotatable bonds is 6. The first-order chi connectivity index (χ1) is 10.1. The molecule has 1 unspecified atom stereocenters. The lowest BCUT2D eigenvalue weighted by Crippen LogP contribution is -2.24. The number of nitrogens with one attached hydrogen (secondary N) is 1. The Hall–Kier alpha value is -1.68. The van der Waals surface area contributed by atoms with Crippen molar-refractivity contribution in [1.82, 2.24) is 20.1 Å². The molecule has 1 atom stereocenters. The Balaban J connectivity index is 2.28. The second kappa shape index (κ2) is 6.85. The minimum Gasteiger partial charge on any atom is -0.311 e. The summed E-state index contributed by atoms with van der Waals surface area (Å²) in [7, 11) is 2.01. The van der Waals surface area contributed by atoms with Gasteiger partial charge >= 0.3 is 0 Å². The van der Waals surface area contributed by atoms with Gasteiger partial charge in [0.25, 0.3) is 0 Å². The van der Waals surface area contributed by atoms with E-state index in [4.69, 9.17) is 0 Å². The van der Waals surface area contributed by atoms with E-state index in [1.165, 1.54) is 16.7 Å². The monoisotopic (exact) mass is 286 g/mol. The zero-order chi connectivity index (χ0) is 15.4. The molecule has 114 valence electrons. The van der Waals surface area contributed by atoms with Crippen molar-refractivity contribution in [3.8, 4) is 0 Å². The third-order valence-electron chi connectivity index (χ3n) is 3.93. The van der Waals surface area contributed by atoms with Crippen LogP contribution in [0.3, 0.4) is 0 Å². The van der Waals surface area contributed by atoms with Crippen LogP contribution in [0.15, 0.2) is 18.2 Å². The molecule has 2 aromatic rings. The van der Waals surface area contributed by atoms with Gasteiger partial charge in [-0.25, -0.2) is 9.67 Å². The van der Waals surface area contributed by atoms with Crippen LogP contribution in [-0.2, 0) is 19.4 Å². The van der Waals surface area contributed by atoms with Crippen LogP contribution in [0.4, 0.5) is 0 Å². The van der Waals surface area contributed by atoms with Gasteiger partial charge in [-0.15, -0.1) is 0 Å². The lowest BCUT2D eigenvalue weighted by molar-refractivity contribution is 0.452. The molecule has 0 radical (unpaired) electrons. The summed E-state index contributed by atoms with van der Waals surface area (Å²) in [6, 6.07) is 6.88. The SMILES string of the molecule is CCc1nc(CC)n(CC(NC)c2ccc(C)cc2C)n1. The highest BCUT2D eigenvalue weighted by atomic mass is 15.4. The minimum atomic E-state index is 0.252. The van der Waals surface area contributed by atoms with E-state index in [1.54, 1.807) is 0 Å². The average molecular weight is 286 g/mol. The van der Waals surface area contributed by atoms with Gasteiger partial charge in [-0.05, 0) is 32.0 Å². The first-order valence-corrected chi connectivity index (χ1v) is 7.76. The second-order valence-corrected chi connectivity index (χ2v) is 5.53. The van der Waals surface area contributed by atoms with Gasteiger partial charge in [-0.2, -0.15) is 5.10 Å². The van der Waals surface area contributed by atoms with Gasteiger partial charge < -0.3 is 5.32 Å². The van der Waals surface area contributed by atoms with Crippen LogP contribution in [0.25, 0.3) is 0 Å². The molecule has 1 aromatic heterocycles. The maximum absolute atomic E-state index is 4.63. The smallest absolute Gasteiger partial charge is 0.150 e. The lowest BCUT2D eigenvalue weighted by atomic mass is 9.99. The molecule has 0 spiro atoms. The molecule has 1 N–H and O–H groups in total. The van der Waals surface area contributed by atoms with Gasteiger partial charge in [0.1, 0.15) is 5.82 Å². The molecule has 0 fully saturated rings. The Morgan fingerprint density at radius 2 is 1.95 bits per heavy atom. The second-order valence-electron chi connectivity index (χ2n) is 5.53. The quantitative estimate of drug-likeness (QED) is 0.887. The van der Waals surface area contributed by atoms with Crippen molar-refractivity contribution in [3.63, 3.8) is 0 Å². The topological polar surface area (TPSA) is 42.7 Å². The average Bonchev–Trinajstić information content (AvgIpc) is 2.87. The summed E-state index contributed by atoms with van der Waals surface area (Å²) in [6.45, 7) is 9.35. The van der Waals surface area contributed by atoms with Crippen LogP contribution in [0, 0.1) is 13.8 Å². The largest absolute Gasteiger partial charge is 0.311 e. The van der Waals surface area contributed by atoms with Crippen molar-refractivity contribution in [2.45, 2.75) is 53.1 Å². The molecule has 0 aliphatic carbocycles. The maximum atomic E-state index is 4.63. The summed E-state index contributed by atoms with van der Waals surface area (Å²) in [5.74, 6) is 2.00. The highest BCUT2D eigenvalue weighted by Gasteiger charge is 2.16. The van der Waals surface area contributed by atoms with Gasteiger partial charge in [-0.1, -0.05) is 37.6 Å². The molecule has 2 rings (SSSR count). The molecule has 0 amide bonds. The van der Waals surface area contributed by atoms with E-state index in [-0.39, 0.29) is 6.04 Å². The first-order valence-electron chi connectivity index (χ1n) is 7.76. The molecule has 0 saturated carbocycles. The van der Waals surface area contributed by atoms with Crippen LogP contribution in [0.2, 0.25) is 0 Å². The molecule has 0 bridgehead atoms. The maximum Gasteiger partial charge on any atom is 0.150 e. The molecule has 1 heterocycles. The lowest BCUT2D eigenvalue weighted by Gasteiger charge is -2.20. The highest BCUT2D eigenvalue weighted by molar-refractivity contribution is 5.32. The van der Waals surface area contributed by atoms with Crippen molar-refractivity contribution in [2.75, 3.05) is 7.05 Å². The zero-order valence-corrected chi connectivity index (χ0v) is 13.8. The van der Waals surface area contributed by atoms with Gasteiger partial charge in [0.2, 0.25) is 0 Å². The van der Waals surface area contributed by atoms with Crippen molar-refractivity contribution in [2.24, 2.45) is 0 Å². The number of hydrogen-bond donors (Lipinski definition) is 1. The summed E-state index contributed by atoms with van der Waals surface area (Å²) in [6.07, 6.45) is 1.80. The van der Waals surface area contributed by atoms with E-state index >= 15 is 0 Å². The summed E-state index contributed by atoms with van der Waals surface area (Å²) in [5.41, 5.74) is 3.95. The first kappa shape index (κ1) is 15.7. The van der Waals surface area contributed by atoms with E-state index in [1.807, 2.05) is 7.05 Å². The molecule has 1 aromatic carbocycles. The molecular weight excluding hydrogens is 260 g/mol. The van der Waals surface area contributed by atoms with Crippen molar-refractivity contribution in [3.05, 3.63) is 46.5 Å². The predicted octanol–water partition coefficient (Wildman–Crippen LogP) is 2.98. The third-order valence-corrected chi connectivity index (χ3v) is 3.93. The summed E-state index contributed by atoms with van der Waals surface area (Å²) < 4.78 is 2.05. The third kappa shape index (κ3) is 3.50. The Morgan fingerprint density at radius 3 is 2.52 bits per heavy atom. The van der Waals surface area contributed by atoms with Gasteiger partial charge in [0.15, 0.2) is 5.82 Å². The van der Waals surface area contributed by atoms with E-state index in [9.17, 15) is 0 Å². The van der Waals surface area contributed by atoms with Gasteiger partial charge in [-0.3, -0.25) is 0 Å². The summed E-state index contributed by atoms with van der Waals surface area (Å²) >= 11 is 0. The fraction of sp³-hybridized carbons (Fsp3) is 0.529. The number of aromatic nitrogens is 3. The van der Waals surface area contributed by atoms with Crippen molar-refractivity contribution in [1.29, 1.82) is 0 Å². The van der Waals surface area contributed by atoms with Crippen molar-refractivity contribution >= 4 is 0 Å². The Labute approximate surface area is 127 Å². The summed E-state index contributed by atoms with van der Waals surface area (Å²) in [5, 5.41) is 8.04. The fourth-order valence-electron chi connectivity index (χ4n) is 2.72. The van der Waals surface area contributed by atoms with Crippen LogP contribution in [0.5, 0.6) is 0 Å². The Kier molecular flexibility index (Phi) is 5.12. The number of benzene rings is 1. The Bertz CT molecular complexity index is 601. The van der Waals surface area contributed by atoms with Crippen LogP contribution >= 0.6 is 0 Å². The zero-order valence-electron chi connectivity index (χ0n) is 13.8. The number of likely N-dealkylation sites (N-methyl/N-ethyl adjacent to an activating group) is 1. The fourth-order valence-corrected chi connectivity index (χ4v) is 2.72. The molecule has 4 nitrogen and oxygen atoms in total. The van der Waals surface area contributed by atoms with Gasteiger partial charge in [0, 0.05) is 12.8 Å². The number of hydrogen-bond acceptors (Lipinski definition) is 3. The molecule has 4 heteroatoms. The van der Waals surface area contributed by atoms with Crippen LogP contribution in [-0.4, -0.2) is 21.8 Å². The van der Waals surface area contributed by atoms with E-state index in [2.05, 4.69) is 66.0 Å². The number of aryl methyl sites for hydroxylation is 4. The standard InChI is InChI=1S/C17H26N4/c1-6-16-19-17(7-2)21(20-16)11-15(18-5)14-9-8-12(3)10-13(14)4/h8-10,15,18H,6-7,11H2,1-5H3.